The predicted octanol–water partition coefficient (Wildman–Crippen LogP) is 2.57. The minimum Gasteiger partial charge on any atom is -0.385 e. The van der Waals surface area contributed by atoms with Crippen LogP contribution >= 0.6 is 0 Å². The van der Waals surface area contributed by atoms with E-state index in [0.29, 0.717) is 11.8 Å². The van der Waals surface area contributed by atoms with Gasteiger partial charge in [-0.25, -0.2) is 0 Å². The molecule has 84 valence electrons. The van der Waals surface area contributed by atoms with Gasteiger partial charge in [0, 0.05) is 19.3 Å². The van der Waals surface area contributed by atoms with Crippen molar-refractivity contribution in [2.75, 3.05) is 13.7 Å². The number of ether oxygens (including phenoxy) is 1. The Balaban J connectivity index is 2.52. The lowest BCUT2D eigenvalue weighted by molar-refractivity contribution is 0.101. The van der Waals surface area contributed by atoms with Crippen LogP contribution < -0.4 is 5.73 Å². The van der Waals surface area contributed by atoms with Crippen LogP contribution in [-0.2, 0) is 4.74 Å². The van der Waals surface area contributed by atoms with Crippen molar-refractivity contribution in [2.45, 2.75) is 51.5 Å². The highest BCUT2D eigenvalue weighted by Gasteiger charge is 2.38. The normalized spacial score (nSPS) is 35.6. The summed E-state index contributed by atoms with van der Waals surface area (Å²) in [5, 5.41) is 0. The molecule has 2 nitrogen and oxygen atoms in total. The SMILES string of the molecule is COCCC(C)C1(N)CCCCC1C. The minimum atomic E-state index is 0.0663. The van der Waals surface area contributed by atoms with Gasteiger partial charge in [0.2, 0.25) is 0 Å². The van der Waals surface area contributed by atoms with Crippen LogP contribution in [0.1, 0.15) is 46.0 Å². The number of hydrogen-bond donors (Lipinski definition) is 1. The first-order chi connectivity index (χ1) is 6.61. The molecule has 0 aliphatic heterocycles. The zero-order valence-electron chi connectivity index (χ0n) is 9.88. The molecular weight excluding hydrogens is 174 g/mol. The number of nitrogens with two attached hydrogens (primary N) is 1. The summed E-state index contributed by atoms with van der Waals surface area (Å²) in [5.74, 6) is 1.25. The fourth-order valence-electron chi connectivity index (χ4n) is 2.69. The average Bonchev–Trinajstić information content (AvgIpc) is 2.19. The molecule has 0 bridgehead atoms. The van der Waals surface area contributed by atoms with Crippen LogP contribution in [-0.4, -0.2) is 19.3 Å². The largest absolute Gasteiger partial charge is 0.385 e. The van der Waals surface area contributed by atoms with Crippen LogP contribution in [0.4, 0.5) is 0 Å². The van der Waals surface area contributed by atoms with Crippen LogP contribution in [0.3, 0.4) is 0 Å². The van der Waals surface area contributed by atoms with E-state index < -0.39 is 0 Å². The van der Waals surface area contributed by atoms with E-state index in [4.69, 9.17) is 10.5 Å². The molecule has 1 fully saturated rings. The first-order valence-corrected chi connectivity index (χ1v) is 5.89. The molecular formula is C12H25NO. The van der Waals surface area contributed by atoms with E-state index in [1.54, 1.807) is 7.11 Å². The average molecular weight is 199 g/mol. The van der Waals surface area contributed by atoms with Gasteiger partial charge in [-0.05, 0) is 31.1 Å². The molecule has 1 rings (SSSR count). The maximum absolute atomic E-state index is 6.53. The summed E-state index contributed by atoms with van der Waals surface area (Å²) in [6.07, 6.45) is 6.25. The molecule has 0 aromatic carbocycles. The Labute approximate surface area is 88.2 Å². The fourth-order valence-corrected chi connectivity index (χ4v) is 2.69. The summed E-state index contributed by atoms with van der Waals surface area (Å²) in [6.45, 7) is 5.43. The van der Waals surface area contributed by atoms with E-state index in [2.05, 4.69) is 13.8 Å². The fraction of sp³-hybridized carbons (Fsp3) is 1.00. The van der Waals surface area contributed by atoms with Crippen molar-refractivity contribution in [3.05, 3.63) is 0 Å². The standard InChI is InChI=1S/C12H25NO/c1-10-6-4-5-8-12(10,13)11(2)7-9-14-3/h10-11H,4-9,13H2,1-3H3. The summed E-state index contributed by atoms with van der Waals surface area (Å²) in [7, 11) is 1.76. The van der Waals surface area contributed by atoms with Gasteiger partial charge in [-0.3, -0.25) is 0 Å². The molecule has 3 unspecified atom stereocenters. The topological polar surface area (TPSA) is 35.2 Å². The van der Waals surface area contributed by atoms with Gasteiger partial charge in [0.25, 0.3) is 0 Å². The van der Waals surface area contributed by atoms with Crippen molar-refractivity contribution in [1.29, 1.82) is 0 Å². The molecule has 1 saturated carbocycles. The van der Waals surface area contributed by atoms with E-state index in [1.807, 2.05) is 0 Å². The Kier molecular flexibility index (Phi) is 4.39. The lowest BCUT2D eigenvalue weighted by Crippen LogP contribution is -2.53. The molecule has 0 saturated heterocycles. The highest BCUT2D eigenvalue weighted by atomic mass is 16.5. The quantitative estimate of drug-likeness (QED) is 0.755. The van der Waals surface area contributed by atoms with Crippen molar-refractivity contribution >= 4 is 0 Å². The number of methoxy groups -OCH3 is 1. The van der Waals surface area contributed by atoms with Gasteiger partial charge in [0.15, 0.2) is 0 Å². The predicted molar refractivity (Wildman–Crippen MR) is 60.2 cm³/mol. The Morgan fingerprint density at radius 2 is 2.21 bits per heavy atom. The van der Waals surface area contributed by atoms with Gasteiger partial charge >= 0.3 is 0 Å². The molecule has 0 aromatic heterocycles. The summed E-state index contributed by atoms with van der Waals surface area (Å²) >= 11 is 0. The molecule has 0 radical (unpaired) electrons. The van der Waals surface area contributed by atoms with Crippen molar-refractivity contribution in [3.8, 4) is 0 Å². The maximum atomic E-state index is 6.53. The third-order valence-electron chi connectivity index (χ3n) is 4.09. The van der Waals surface area contributed by atoms with Crippen LogP contribution in [0.25, 0.3) is 0 Å². The molecule has 2 N–H and O–H groups in total. The van der Waals surface area contributed by atoms with E-state index in [0.717, 1.165) is 13.0 Å². The van der Waals surface area contributed by atoms with Crippen LogP contribution in [0.2, 0.25) is 0 Å². The van der Waals surface area contributed by atoms with E-state index in [1.165, 1.54) is 25.7 Å². The Morgan fingerprint density at radius 3 is 2.79 bits per heavy atom. The van der Waals surface area contributed by atoms with E-state index >= 15 is 0 Å². The Morgan fingerprint density at radius 1 is 1.50 bits per heavy atom. The summed E-state index contributed by atoms with van der Waals surface area (Å²) in [4.78, 5) is 0. The lowest BCUT2D eigenvalue weighted by atomic mass is 9.67. The van der Waals surface area contributed by atoms with Crippen molar-refractivity contribution in [1.82, 2.24) is 0 Å². The minimum absolute atomic E-state index is 0.0663. The zero-order valence-corrected chi connectivity index (χ0v) is 9.88. The van der Waals surface area contributed by atoms with Gasteiger partial charge in [-0.15, -0.1) is 0 Å². The third-order valence-corrected chi connectivity index (χ3v) is 4.09. The van der Waals surface area contributed by atoms with Gasteiger partial charge in [-0.2, -0.15) is 0 Å². The second-order valence-corrected chi connectivity index (χ2v) is 4.94. The summed E-state index contributed by atoms with van der Waals surface area (Å²) in [6, 6.07) is 0. The second-order valence-electron chi connectivity index (χ2n) is 4.94. The van der Waals surface area contributed by atoms with Gasteiger partial charge in [0.1, 0.15) is 0 Å². The third kappa shape index (κ3) is 2.48. The summed E-state index contributed by atoms with van der Waals surface area (Å²) < 4.78 is 5.13. The van der Waals surface area contributed by atoms with Crippen molar-refractivity contribution in [3.63, 3.8) is 0 Å². The van der Waals surface area contributed by atoms with Crippen LogP contribution in [0.5, 0.6) is 0 Å². The molecule has 0 aromatic rings. The van der Waals surface area contributed by atoms with Crippen molar-refractivity contribution < 1.29 is 4.74 Å². The molecule has 3 atom stereocenters. The summed E-state index contributed by atoms with van der Waals surface area (Å²) in [5.41, 5.74) is 6.60. The van der Waals surface area contributed by atoms with Crippen LogP contribution in [0.15, 0.2) is 0 Å². The first-order valence-electron chi connectivity index (χ1n) is 5.89. The molecule has 0 heterocycles. The highest BCUT2D eigenvalue weighted by molar-refractivity contribution is 4.96. The molecule has 0 amide bonds. The monoisotopic (exact) mass is 199 g/mol. The van der Waals surface area contributed by atoms with E-state index in [9.17, 15) is 0 Å². The maximum Gasteiger partial charge on any atom is 0.0465 e. The van der Waals surface area contributed by atoms with Gasteiger partial charge < -0.3 is 10.5 Å². The highest BCUT2D eigenvalue weighted by Crippen LogP contribution is 2.38. The zero-order chi connectivity index (χ0) is 10.6. The molecule has 0 spiro atoms. The smallest absolute Gasteiger partial charge is 0.0465 e. The molecule has 14 heavy (non-hydrogen) atoms. The van der Waals surface area contributed by atoms with Gasteiger partial charge in [0.05, 0.1) is 0 Å². The molecule has 2 heteroatoms. The van der Waals surface area contributed by atoms with Crippen LogP contribution in [0, 0.1) is 11.8 Å². The second kappa shape index (κ2) is 5.13. The van der Waals surface area contributed by atoms with E-state index in [-0.39, 0.29) is 5.54 Å². The molecule has 1 aliphatic rings. The number of rotatable bonds is 4. The Hall–Kier alpha value is -0.0800. The lowest BCUT2D eigenvalue weighted by Gasteiger charge is -2.44. The van der Waals surface area contributed by atoms with Crippen molar-refractivity contribution in [2.24, 2.45) is 17.6 Å². The first kappa shape index (κ1) is 12.0. The number of hydrogen-bond acceptors (Lipinski definition) is 2. The molecule has 1 aliphatic carbocycles. The Bertz CT molecular complexity index is 172. The van der Waals surface area contributed by atoms with Gasteiger partial charge in [-0.1, -0.05) is 26.7 Å².